The number of anilines is 2. The monoisotopic (exact) mass is 477 g/mol. The second-order valence-corrected chi connectivity index (χ2v) is 8.07. The molecule has 1 atom stereocenters. The van der Waals surface area contributed by atoms with Crippen LogP contribution in [0.25, 0.3) is 22.3 Å². The van der Waals surface area contributed by atoms with Crippen LogP contribution in [0.3, 0.4) is 0 Å². The van der Waals surface area contributed by atoms with Crippen molar-refractivity contribution in [3.05, 3.63) is 48.5 Å². The summed E-state index contributed by atoms with van der Waals surface area (Å²) in [6, 6.07) is 5.36. The molecule has 1 saturated heterocycles. The fraction of sp³-hybridized carbons (Fsp3) is 0.333. The molecule has 4 N–H and O–H groups in total. The van der Waals surface area contributed by atoms with Crippen LogP contribution in [-0.4, -0.2) is 63.5 Å². The number of methoxy groups -OCH3 is 1. The molecular formula is C24H27N7O4. The molecule has 35 heavy (non-hydrogen) atoms. The average molecular weight is 478 g/mol. The third-order valence-electron chi connectivity index (χ3n) is 5.85. The molecule has 182 valence electrons. The van der Waals surface area contributed by atoms with Gasteiger partial charge in [0, 0.05) is 37.0 Å². The molecular weight excluding hydrogens is 450 g/mol. The molecule has 0 aliphatic carbocycles. The Morgan fingerprint density at radius 3 is 2.80 bits per heavy atom. The molecule has 4 heterocycles. The van der Waals surface area contributed by atoms with E-state index < -0.39 is 6.23 Å². The topological polar surface area (TPSA) is 139 Å². The number of nitrogens with zero attached hydrogens (tertiary/aromatic N) is 4. The Balaban J connectivity index is 1.54. The molecule has 1 aromatic carbocycles. The van der Waals surface area contributed by atoms with Gasteiger partial charge in [-0.3, -0.25) is 15.3 Å². The van der Waals surface area contributed by atoms with Crippen molar-refractivity contribution in [2.24, 2.45) is 0 Å². The number of hydrogen-bond acceptors (Lipinski definition) is 10. The number of rotatable bonds is 8. The van der Waals surface area contributed by atoms with Gasteiger partial charge in [-0.2, -0.15) is 9.97 Å². The molecule has 0 bridgehead atoms. The van der Waals surface area contributed by atoms with Gasteiger partial charge in [-0.25, -0.2) is 0 Å². The summed E-state index contributed by atoms with van der Waals surface area (Å²) in [4.78, 5) is 21.2. The van der Waals surface area contributed by atoms with E-state index >= 15 is 0 Å². The van der Waals surface area contributed by atoms with Crippen molar-refractivity contribution < 1.29 is 19.3 Å². The molecule has 1 fully saturated rings. The molecule has 4 aromatic rings. The highest BCUT2D eigenvalue weighted by Crippen LogP contribution is 2.36. The van der Waals surface area contributed by atoms with Gasteiger partial charge in [0.2, 0.25) is 11.8 Å². The van der Waals surface area contributed by atoms with Crippen molar-refractivity contribution in [2.45, 2.75) is 25.2 Å². The van der Waals surface area contributed by atoms with E-state index in [1.54, 1.807) is 50.9 Å². The number of H-pyrrole nitrogens is 1. The van der Waals surface area contributed by atoms with Gasteiger partial charge in [0.1, 0.15) is 23.7 Å². The first kappa shape index (κ1) is 23.0. The zero-order valence-corrected chi connectivity index (χ0v) is 19.5. The fourth-order valence-corrected chi connectivity index (χ4v) is 4.00. The highest BCUT2D eigenvalue weighted by atomic mass is 16.5. The summed E-state index contributed by atoms with van der Waals surface area (Å²) in [7, 11) is 3.25. The van der Waals surface area contributed by atoms with Crippen molar-refractivity contribution in [2.75, 3.05) is 32.7 Å². The molecule has 1 aliphatic heterocycles. The molecule has 0 saturated carbocycles. The van der Waals surface area contributed by atoms with Crippen LogP contribution in [-0.2, 0) is 4.74 Å². The van der Waals surface area contributed by atoms with E-state index in [-0.39, 0.29) is 6.10 Å². The minimum atomic E-state index is -0.802. The maximum absolute atomic E-state index is 10.1. The Hall–Kier alpha value is -3.80. The maximum Gasteiger partial charge on any atom is 0.232 e. The summed E-state index contributed by atoms with van der Waals surface area (Å²) in [6.45, 7) is 1.30. The first-order valence-electron chi connectivity index (χ1n) is 11.4. The van der Waals surface area contributed by atoms with Crippen LogP contribution in [0.5, 0.6) is 11.6 Å². The number of hydrogen-bond donors (Lipinski definition) is 4. The molecule has 1 aliphatic rings. The van der Waals surface area contributed by atoms with Crippen molar-refractivity contribution in [1.82, 2.24) is 30.2 Å². The largest absolute Gasteiger partial charge is 0.495 e. The lowest BCUT2D eigenvalue weighted by Gasteiger charge is -2.23. The first-order chi connectivity index (χ1) is 17.2. The van der Waals surface area contributed by atoms with Gasteiger partial charge >= 0.3 is 0 Å². The summed E-state index contributed by atoms with van der Waals surface area (Å²) in [6.07, 6.45) is 7.54. The number of aliphatic hydroxyl groups is 1. The zero-order valence-electron chi connectivity index (χ0n) is 19.5. The van der Waals surface area contributed by atoms with E-state index in [4.69, 9.17) is 19.2 Å². The van der Waals surface area contributed by atoms with Crippen LogP contribution in [0.2, 0.25) is 0 Å². The van der Waals surface area contributed by atoms with Gasteiger partial charge in [0.05, 0.1) is 43.3 Å². The number of aliphatic hydroxyl groups excluding tert-OH is 1. The van der Waals surface area contributed by atoms with Crippen LogP contribution < -0.4 is 20.1 Å². The number of nitrogens with one attached hydrogen (secondary N) is 3. The maximum atomic E-state index is 10.1. The summed E-state index contributed by atoms with van der Waals surface area (Å²) in [5.74, 6) is 1.33. The molecule has 11 nitrogen and oxygen atoms in total. The van der Waals surface area contributed by atoms with E-state index in [0.717, 1.165) is 23.8 Å². The van der Waals surface area contributed by atoms with E-state index in [1.807, 2.05) is 6.20 Å². The SMILES string of the molecule is CNC(O)c1ccc(Nc2nc(OC3CCOCC3)c3c(-c4cnccn4)c[nH]c3n2)c(OC)c1. The van der Waals surface area contributed by atoms with E-state index in [0.29, 0.717) is 53.4 Å². The Bertz CT molecular complexity index is 1290. The summed E-state index contributed by atoms with van der Waals surface area (Å²) in [5, 5.41) is 16.8. The summed E-state index contributed by atoms with van der Waals surface area (Å²) in [5.41, 5.74) is 3.43. The Labute approximate surface area is 201 Å². The van der Waals surface area contributed by atoms with Gasteiger partial charge in [-0.05, 0) is 24.7 Å². The average Bonchev–Trinajstić information content (AvgIpc) is 3.34. The second kappa shape index (κ2) is 10.2. The smallest absolute Gasteiger partial charge is 0.232 e. The third kappa shape index (κ3) is 4.87. The number of aromatic amines is 1. The van der Waals surface area contributed by atoms with Crippen LogP contribution in [0.1, 0.15) is 24.6 Å². The van der Waals surface area contributed by atoms with Crippen LogP contribution >= 0.6 is 0 Å². The highest BCUT2D eigenvalue weighted by Gasteiger charge is 2.22. The van der Waals surface area contributed by atoms with E-state index in [9.17, 15) is 5.11 Å². The lowest BCUT2D eigenvalue weighted by molar-refractivity contribution is 0.0244. The predicted molar refractivity (Wildman–Crippen MR) is 130 cm³/mol. The quantitative estimate of drug-likeness (QED) is 0.280. The lowest BCUT2D eigenvalue weighted by atomic mass is 10.1. The normalized spacial score (nSPS) is 15.2. The van der Waals surface area contributed by atoms with E-state index in [1.165, 1.54) is 0 Å². The van der Waals surface area contributed by atoms with Crippen LogP contribution in [0.4, 0.5) is 11.6 Å². The van der Waals surface area contributed by atoms with E-state index in [2.05, 4.69) is 30.6 Å². The number of fused-ring (bicyclic) bond motifs is 1. The van der Waals surface area contributed by atoms with Gasteiger partial charge in [0.15, 0.2) is 0 Å². The van der Waals surface area contributed by atoms with Crippen molar-refractivity contribution in [3.63, 3.8) is 0 Å². The Morgan fingerprint density at radius 2 is 2.06 bits per heavy atom. The molecule has 0 radical (unpaired) electrons. The standard InChI is InChI=1S/C24H27N7O4/c1-25-22(32)14-3-4-17(19(11-14)33-2)29-24-30-21-20(16(12-28-21)18-13-26-7-8-27-18)23(31-24)35-15-5-9-34-10-6-15/h3-4,7-8,11-13,15,22,25,32H,5-6,9-10H2,1-2H3,(H2,28,29,30,31). The van der Waals surface area contributed by atoms with Crippen molar-refractivity contribution >= 4 is 22.7 Å². The number of benzene rings is 1. The molecule has 0 spiro atoms. The van der Waals surface area contributed by atoms with Crippen LogP contribution in [0, 0.1) is 0 Å². The van der Waals surface area contributed by atoms with Gasteiger partial charge in [-0.15, -0.1) is 0 Å². The molecule has 0 amide bonds. The van der Waals surface area contributed by atoms with Crippen molar-refractivity contribution in [3.8, 4) is 22.9 Å². The third-order valence-corrected chi connectivity index (χ3v) is 5.85. The Kier molecular flexibility index (Phi) is 6.70. The Morgan fingerprint density at radius 1 is 1.20 bits per heavy atom. The number of aromatic nitrogens is 5. The van der Waals surface area contributed by atoms with Crippen molar-refractivity contribution in [1.29, 1.82) is 0 Å². The summed E-state index contributed by atoms with van der Waals surface area (Å²) >= 11 is 0. The van der Waals surface area contributed by atoms with Gasteiger partial charge < -0.3 is 29.6 Å². The number of ether oxygens (including phenoxy) is 3. The predicted octanol–water partition coefficient (Wildman–Crippen LogP) is 2.94. The molecule has 5 rings (SSSR count). The van der Waals surface area contributed by atoms with Gasteiger partial charge in [0.25, 0.3) is 0 Å². The molecule has 3 aromatic heterocycles. The highest BCUT2D eigenvalue weighted by molar-refractivity contribution is 5.96. The fourth-order valence-electron chi connectivity index (χ4n) is 4.00. The zero-order chi connectivity index (χ0) is 24.2. The lowest BCUT2D eigenvalue weighted by Crippen LogP contribution is -2.26. The molecule has 11 heteroatoms. The minimum Gasteiger partial charge on any atom is -0.495 e. The summed E-state index contributed by atoms with van der Waals surface area (Å²) < 4.78 is 17.4. The minimum absolute atomic E-state index is 0.0174. The first-order valence-corrected chi connectivity index (χ1v) is 11.4. The van der Waals surface area contributed by atoms with Crippen LogP contribution in [0.15, 0.2) is 43.0 Å². The van der Waals surface area contributed by atoms with Gasteiger partial charge in [-0.1, -0.05) is 6.07 Å². The molecule has 1 unspecified atom stereocenters. The second-order valence-electron chi connectivity index (χ2n) is 8.07.